The second-order valence-electron chi connectivity index (χ2n) is 4.20. The molecule has 2 aromatic heterocycles. The Balaban J connectivity index is 2.23. The van der Waals surface area contributed by atoms with Crippen molar-refractivity contribution < 1.29 is 4.74 Å². The van der Waals surface area contributed by atoms with Crippen LogP contribution in [0.25, 0.3) is 5.65 Å². The molecule has 1 aliphatic rings. The van der Waals surface area contributed by atoms with Gasteiger partial charge in [-0.2, -0.15) is 0 Å². The quantitative estimate of drug-likeness (QED) is 0.917. The molecule has 0 amide bonds. The predicted octanol–water partition coefficient (Wildman–Crippen LogP) is 2.05. The van der Waals surface area contributed by atoms with Crippen LogP contribution in [0.4, 0.5) is 0 Å². The Kier molecular flexibility index (Phi) is 2.03. The molecule has 0 bridgehead atoms. The lowest BCUT2D eigenvalue weighted by atomic mass is 10.2. The minimum absolute atomic E-state index is 0.224. The fourth-order valence-corrected chi connectivity index (χ4v) is 2.57. The maximum atomic E-state index is 6.17. The second-order valence-corrected chi connectivity index (χ2v) is 4.96. The standard InChI is InChI=1S/C11H12BrN3O/c1-16-7-2-3-8-14-9(11(13)4-5-11)10(12)15(8)6-7/h2-3,6H,4-5,13H2,1H3. The molecule has 4 nitrogen and oxygen atoms in total. The molecule has 0 saturated heterocycles. The lowest BCUT2D eigenvalue weighted by Gasteiger charge is -2.04. The van der Waals surface area contributed by atoms with Crippen molar-refractivity contribution in [2.24, 2.45) is 5.73 Å². The zero-order valence-electron chi connectivity index (χ0n) is 8.90. The molecule has 2 N–H and O–H groups in total. The van der Waals surface area contributed by atoms with E-state index in [0.29, 0.717) is 0 Å². The average Bonchev–Trinajstić information content (AvgIpc) is 2.95. The smallest absolute Gasteiger partial charge is 0.138 e. The molecule has 0 atom stereocenters. The van der Waals surface area contributed by atoms with Gasteiger partial charge in [-0.05, 0) is 40.9 Å². The molecule has 2 heterocycles. The van der Waals surface area contributed by atoms with Gasteiger partial charge in [0.15, 0.2) is 0 Å². The van der Waals surface area contributed by atoms with E-state index in [-0.39, 0.29) is 5.54 Å². The van der Waals surface area contributed by atoms with Crippen molar-refractivity contribution in [2.75, 3.05) is 7.11 Å². The third-order valence-corrected chi connectivity index (χ3v) is 3.79. The van der Waals surface area contributed by atoms with Crippen LogP contribution in [0.1, 0.15) is 18.5 Å². The van der Waals surface area contributed by atoms with Gasteiger partial charge in [-0.3, -0.25) is 4.40 Å². The summed E-state index contributed by atoms with van der Waals surface area (Å²) in [6.07, 6.45) is 3.92. The average molecular weight is 282 g/mol. The van der Waals surface area contributed by atoms with Gasteiger partial charge >= 0.3 is 0 Å². The molecule has 0 aliphatic heterocycles. The number of pyridine rings is 1. The third-order valence-electron chi connectivity index (χ3n) is 3.03. The maximum absolute atomic E-state index is 6.17. The van der Waals surface area contributed by atoms with E-state index in [2.05, 4.69) is 20.9 Å². The topological polar surface area (TPSA) is 52.5 Å². The van der Waals surface area contributed by atoms with Gasteiger partial charge in [0.2, 0.25) is 0 Å². The van der Waals surface area contributed by atoms with Crippen LogP contribution in [0.3, 0.4) is 0 Å². The van der Waals surface area contributed by atoms with Crippen molar-refractivity contribution >= 4 is 21.6 Å². The summed E-state index contributed by atoms with van der Waals surface area (Å²) >= 11 is 3.56. The van der Waals surface area contributed by atoms with E-state index in [4.69, 9.17) is 10.5 Å². The molecular formula is C11H12BrN3O. The minimum atomic E-state index is -0.224. The number of ether oxygens (including phenoxy) is 1. The fraction of sp³-hybridized carbons (Fsp3) is 0.364. The van der Waals surface area contributed by atoms with Gasteiger partial charge in [0, 0.05) is 0 Å². The Labute approximate surface area is 102 Å². The number of methoxy groups -OCH3 is 1. The number of hydrogen-bond donors (Lipinski definition) is 1. The summed E-state index contributed by atoms with van der Waals surface area (Å²) in [5, 5.41) is 0. The summed E-state index contributed by atoms with van der Waals surface area (Å²) in [4.78, 5) is 4.56. The molecule has 1 saturated carbocycles. The Hall–Kier alpha value is -1.07. The van der Waals surface area contributed by atoms with E-state index < -0.39 is 0 Å². The van der Waals surface area contributed by atoms with Gasteiger partial charge in [-0.1, -0.05) is 0 Å². The predicted molar refractivity (Wildman–Crippen MR) is 64.5 cm³/mol. The highest BCUT2D eigenvalue weighted by Gasteiger charge is 2.44. The number of nitrogens with two attached hydrogens (primary N) is 1. The van der Waals surface area contributed by atoms with Crippen molar-refractivity contribution in [3.05, 3.63) is 28.6 Å². The molecule has 0 unspecified atom stereocenters. The van der Waals surface area contributed by atoms with Crippen LogP contribution in [0.5, 0.6) is 5.75 Å². The van der Waals surface area contributed by atoms with Gasteiger partial charge in [-0.25, -0.2) is 4.98 Å². The van der Waals surface area contributed by atoms with E-state index in [9.17, 15) is 0 Å². The summed E-state index contributed by atoms with van der Waals surface area (Å²) in [7, 11) is 1.65. The molecule has 3 rings (SSSR count). The Morgan fingerprint density at radius 2 is 2.25 bits per heavy atom. The largest absolute Gasteiger partial charge is 0.495 e. The molecule has 16 heavy (non-hydrogen) atoms. The SMILES string of the molecule is COc1ccc2nc(C3(N)CC3)c(Br)n2c1. The van der Waals surface area contributed by atoms with Gasteiger partial charge in [0.25, 0.3) is 0 Å². The maximum Gasteiger partial charge on any atom is 0.138 e. The van der Waals surface area contributed by atoms with E-state index in [1.165, 1.54) is 0 Å². The molecule has 0 radical (unpaired) electrons. The van der Waals surface area contributed by atoms with E-state index in [1.807, 2.05) is 22.7 Å². The Bertz CT molecular complexity index is 560. The van der Waals surface area contributed by atoms with Crippen LogP contribution in [0.2, 0.25) is 0 Å². The first-order chi connectivity index (χ1) is 7.64. The molecule has 0 aromatic carbocycles. The number of aromatic nitrogens is 2. The first kappa shape index (κ1) is 10.1. The minimum Gasteiger partial charge on any atom is -0.495 e. The van der Waals surface area contributed by atoms with E-state index in [0.717, 1.165) is 34.5 Å². The van der Waals surface area contributed by atoms with Crippen molar-refractivity contribution in [3.63, 3.8) is 0 Å². The highest BCUT2D eigenvalue weighted by Crippen LogP contribution is 2.45. The molecular weight excluding hydrogens is 270 g/mol. The summed E-state index contributed by atoms with van der Waals surface area (Å²) < 4.78 is 8.08. The van der Waals surface area contributed by atoms with Crippen LogP contribution in [-0.4, -0.2) is 16.5 Å². The molecule has 1 fully saturated rings. The fourth-order valence-electron chi connectivity index (χ4n) is 1.81. The van der Waals surface area contributed by atoms with Crippen molar-refractivity contribution in [1.29, 1.82) is 0 Å². The number of hydrogen-bond acceptors (Lipinski definition) is 3. The number of fused-ring (bicyclic) bond motifs is 1. The van der Waals surface area contributed by atoms with E-state index >= 15 is 0 Å². The molecule has 5 heteroatoms. The molecule has 1 aliphatic carbocycles. The summed E-state index contributed by atoms with van der Waals surface area (Å²) in [6, 6.07) is 3.83. The lowest BCUT2D eigenvalue weighted by Crippen LogP contribution is -2.19. The van der Waals surface area contributed by atoms with Crippen LogP contribution in [-0.2, 0) is 5.54 Å². The second kappa shape index (κ2) is 3.21. The highest BCUT2D eigenvalue weighted by atomic mass is 79.9. The number of nitrogens with zero attached hydrogens (tertiary/aromatic N) is 2. The van der Waals surface area contributed by atoms with Gasteiger partial charge in [-0.15, -0.1) is 0 Å². The van der Waals surface area contributed by atoms with Crippen molar-refractivity contribution in [3.8, 4) is 5.75 Å². The molecule has 0 spiro atoms. The number of rotatable bonds is 2. The highest BCUT2D eigenvalue weighted by molar-refractivity contribution is 9.10. The van der Waals surface area contributed by atoms with Gasteiger partial charge in [0.05, 0.1) is 24.5 Å². The molecule has 2 aromatic rings. The zero-order valence-corrected chi connectivity index (χ0v) is 10.5. The Morgan fingerprint density at radius 1 is 1.50 bits per heavy atom. The van der Waals surface area contributed by atoms with Crippen molar-refractivity contribution in [1.82, 2.24) is 9.38 Å². The first-order valence-electron chi connectivity index (χ1n) is 5.15. The summed E-state index contributed by atoms with van der Waals surface area (Å²) in [6.45, 7) is 0. The van der Waals surface area contributed by atoms with E-state index in [1.54, 1.807) is 7.11 Å². The van der Waals surface area contributed by atoms with Crippen LogP contribution < -0.4 is 10.5 Å². The molecule has 84 valence electrons. The normalized spacial score (nSPS) is 17.7. The summed E-state index contributed by atoms with van der Waals surface area (Å²) in [5.74, 6) is 0.805. The van der Waals surface area contributed by atoms with Gasteiger partial charge in [0.1, 0.15) is 16.0 Å². The van der Waals surface area contributed by atoms with Crippen LogP contribution >= 0.6 is 15.9 Å². The number of halogens is 1. The monoisotopic (exact) mass is 281 g/mol. The zero-order chi connectivity index (χ0) is 11.3. The van der Waals surface area contributed by atoms with Gasteiger partial charge < -0.3 is 10.5 Å². The van der Waals surface area contributed by atoms with Crippen LogP contribution in [0, 0.1) is 0 Å². The van der Waals surface area contributed by atoms with Crippen LogP contribution in [0.15, 0.2) is 22.9 Å². The summed E-state index contributed by atoms with van der Waals surface area (Å²) in [5.41, 5.74) is 7.78. The lowest BCUT2D eigenvalue weighted by molar-refractivity contribution is 0.412. The Morgan fingerprint density at radius 3 is 2.88 bits per heavy atom. The third kappa shape index (κ3) is 1.35. The number of imidazole rings is 1. The first-order valence-corrected chi connectivity index (χ1v) is 5.94. The van der Waals surface area contributed by atoms with Crippen molar-refractivity contribution in [2.45, 2.75) is 18.4 Å².